The number of hydrogen-bond acceptors (Lipinski definition) is 6. The average molecular weight is 402 g/mol. The summed E-state index contributed by atoms with van der Waals surface area (Å²) < 4.78 is 12.7. The summed E-state index contributed by atoms with van der Waals surface area (Å²) >= 11 is 0. The van der Waals surface area contributed by atoms with Crippen molar-refractivity contribution in [3.63, 3.8) is 0 Å². The highest BCUT2D eigenvalue weighted by molar-refractivity contribution is 6.00. The lowest BCUT2D eigenvalue weighted by Gasteiger charge is -2.19. The fraction of sp³-hybridized carbons (Fsp3) is 0.143. The fourth-order valence-electron chi connectivity index (χ4n) is 3.22. The predicted octanol–water partition coefficient (Wildman–Crippen LogP) is 3.51. The van der Waals surface area contributed by atoms with Gasteiger partial charge in [0.1, 0.15) is 13.2 Å². The van der Waals surface area contributed by atoms with Crippen molar-refractivity contribution in [3.05, 3.63) is 60.4 Å². The molecule has 2 aromatic carbocycles. The summed E-state index contributed by atoms with van der Waals surface area (Å²) in [5.41, 5.74) is 3.56. The zero-order valence-electron chi connectivity index (χ0n) is 16.1. The maximum absolute atomic E-state index is 12.5. The van der Waals surface area contributed by atoms with E-state index in [1.165, 1.54) is 0 Å². The number of urea groups is 1. The first kappa shape index (κ1) is 17.9. The minimum atomic E-state index is -0.359. The lowest BCUT2D eigenvalue weighted by Crippen LogP contribution is -2.20. The minimum Gasteiger partial charge on any atom is -0.486 e. The Morgan fingerprint density at radius 2 is 1.73 bits per heavy atom. The second-order valence-corrected chi connectivity index (χ2v) is 6.75. The van der Waals surface area contributed by atoms with E-state index in [1.807, 2.05) is 43.3 Å². The summed E-state index contributed by atoms with van der Waals surface area (Å²) in [6.07, 6.45) is 0. The summed E-state index contributed by atoms with van der Waals surface area (Å²) in [5, 5.41) is 18.3. The number of nitrogens with one attached hydrogen (secondary N) is 2. The molecule has 2 aromatic heterocycles. The molecule has 0 spiro atoms. The van der Waals surface area contributed by atoms with Gasteiger partial charge in [-0.05, 0) is 43.3 Å². The van der Waals surface area contributed by atoms with Crippen molar-refractivity contribution in [2.45, 2.75) is 6.92 Å². The number of anilines is 2. The quantitative estimate of drug-likeness (QED) is 0.544. The van der Waals surface area contributed by atoms with E-state index in [0.717, 1.165) is 11.3 Å². The van der Waals surface area contributed by atoms with Gasteiger partial charge in [-0.2, -0.15) is 9.61 Å². The van der Waals surface area contributed by atoms with Gasteiger partial charge < -0.3 is 20.1 Å². The number of fused-ring (bicyclic) bond motifs is 2. The van der Waals surface area contributed by atoms with Crippen LogP contribution in [0.1, 0.15) is 5.82 Å². The van der Waals surface area contributed by atoms with E-state index < -0.39 is 0 Å². The van der Waals surface area contributed by atoms with E-state index >= 15 is 0 Å². The molecule has 9 heteroatoms. The molecule has 2 amide bonds. The molecule has 0 atom stereocenters. The summed E-state index contributed by atoms with van der Waals surface area (Å²) in [6, 6.07) is 16.1. The maximum Gasteiger partial charge on any atom is 0.323 e. The van der Waals surface area contributed by atoms with Crippen LogP contribution in [0.5, 0.6) is 11.5 Å². The number of amides is 2. The SMILES string of the molecule is Cc1nnc2ccc(-c3cccc(NC(=O)Nc4ccc5c(c4)OCCO5)c3)nn12. The Morgan fingerprint density at radius 3 is 2.60 bits per heavy atom. The number of ether oxygens (including phenoxy) is 2. The third-order valence-electron chi connectivity index (χ3n) is 4.63. The molecule has 150 valence electrons. The van der Waals surface area contributed by atoms with Crippen molar-refractivity contribution >= 4 is 23.1 Å². The van der Waals surface area contributed by atoms with Gasteiger partial charge in [0.15, 0.2) is 23.0 Å². The molecule has 5 rings (SSSR count). The predicted molar refractivity (Wildman–Crippen MR) is 111 cm³/mol. The van der Waals surface area contributed by atoms with Gasteiger partial charge in [0.2, 0.25) is 0 Å². The largest absolute Gasteiger partial charge is 0.486 e. The van der Waals surface area contributed by atoms with Crippen LogP contribution in [0, 0.1) is 6.92 Å². The number of benzene rings is 2. The molecule has 3 heterocycles. The first-order chi connectivity index (χ1) is 14.7. The summed E-state index contributed by atoms with van der Waals surface area (Å²) in [4.78, 5) is 12.5. The number of hydrogen-bond donors (Lipinski definition) is 2. The van der Waals surface area contributed by atoms with Gasteiger partial charge in [-0.1, -0.05) is 12.1 Å². The van der Waals surface area contributed by atoms with Crippen molar-refractivity contribution in [3.8, 4) is 22.8 Å². The van der Waals surface area contributed by atoms with Gasteiger partial charge in [0.05, 0.1) is 5.69 Å². The molecular formula is C21H18N6O3. The molecule has 30 heavy (non-hydrogen) atoms. The minimum absolute atomic E-state index is 0.359. The van der Waals surface area contributed by atoms with Gasteiger partial charge in [0.25, 0.3) is 0 Å². The van der Waals surface area contributed by atoms with Crippen LogP contribution in [0.3, 0.4) is 0 Å². The molecule has 0 bridgehead atoms. The third-order valence-corrected chi connectivity index (χ3v) is 4.63. The first-order valence-electron chi connectivity index (χ1n) is 9.43. The molecule has 0 unspecified atom stereocenters. The second-order valence-electron chi connectivity index (χ2n) is 6.75. The summed E-state index contributed by atoms with van der Waals surface area (Å²) in [7, 11) is 0. The van der Waals surface area contributed by atoms with Crippen LogP contribution in [0.25, 0.3) is 16.9 Å². The van der Waals surface area contributed by atoms with E-state index in [-0.39, 0.29) is 6.03 Å². The number of nitrogens with zero attached hydrogens (tertiary/aromatic N) is 4. The molecule has 2 N–H and O–H groups in total. The van der Waals surface area contributed by atoms with Crippen molar-refractivity contribution in [2.75, 3.05) is 23.8 Å². The molecule has 0 aliphatic carbocycles. The first-order valence-corrected chi connectivity index (χ1v) is 9.43. The van der Waals surface area contributed by atoms with E-state index in [2.05, 4.69) is 25.9 Å². The highest BCUT2D eigenvalue weighted by Crippen LogP contribution is 2.32. The van der Waals surface area contributed by atoms with Gasteiger partial charge in [0, 0.05) is 23.0 Å². The molecule has 0 radical (unpaired) electrons. The van der Waals surface area contributed by atoms with Crippen LogP contribution in [-0.2, 0) is 0 Å². The highest BCUT2D eigenvalue weighted by Gasteiger charge is 2.13. The van der Waals surface area contributed by atoms with Gasteiger partial charge >= 0.3 is 6.03 Å². The van der Waals surface area contributed by atoms with Crippen molar-refractivity contribution in [1.29, 1.82) is 0 Å². The smallest absolute Gasteiger partial charge is 0.323 e. The topological polar surface area (TPSA) is 103 Å². The maximum atomic E-state index is 12.5. The van der Waals surface area contributed by atoms with E-state index in [1.54, 1.807) is 22.7 Å². The number of aryl methyl sites for hydroxylation is 1. The van der Waals surface area contributed by atoms with Crippen molar-refractivity contribution < 1.29 is 14.3 Å². The molecule has 0 saturated carbocycles. The lowest BCUT2D eigenvalue weighted by molar-refractivity contribution is 0.171. The fourth-order valence-corrected chi connectivity index (χ4v) is 3.22. The summed E-state index contributed by atoms with van der Waals surface area (Å²) in [6.45, 7) is 2.86. The number of rotatable bonds is 3. The Hall–Kier alpha value is -4.14. The monoisotopic (exact) mass is 402 g/mol. The molecule has 0 fully saturated rings. The highest BCUT2D eigenvalue weighted by atomic mass is 16.6. The molecule has 1 aliphatic rings. The standard InChI is InChI=1S/C21H18N6O3/c1-13-24-25-20-8-6-17(26-27(13)20)14-3-2-4-15(11-14)22-21(28)23-16-5-7-18-19(12-16)30-10-9-29-18/h2-8,11-12H,9-10H2,1H3,(H2,22,23,28). The van der Waals surface area contributed by atoms with Crippen LogP contribution >= 0.6 is 0 Å². The molecule has 4 aromatic rings. The Balaban J connectivity index is 1.32. The Labute approximate surface area is 171 Å². The lowest BCUT2D eigenvalue weighted by atomic mass is 10.1. The molecular weight excluding hydrogens is 384 g/mol. The Morgan fingerprint density at radius 1 is 0.933 bits per heavy atom. The zero-order chi connectivity index (χ0) is 20.5. The van der Waals surface area contributed by atoms with Gasteiger partial charge in [-0.25, -0.2) is 4.79 Å². The van der Waals surface area contributed by atoms with E-state index in [0.29, 0.717) is 47.6 Å². The van der Waals surface area contributed by atoms with Crippen LogP contribution in [0.4, 0.5) is 16.2 Å². The third kappa shape index (κ3) is 3.48. The van der Waals surface area contributed by atoms with Crippen molar-refractivity contribution in [1.82, 2.24) is 19.8 Å². The van der Waals surface area contributed by atoms with Crippen molar-refractivity contribution in [2.24, 2.45) is 0 Å². The molecule has 0 saturated heterocycles. The summed E-state index contributed by atoms with van der Waals surface area (Å²) in [5.74, 6) is 2.00. The Kier molecular flexibility index (Phi) is 4.40. The van der Waals surface area contributed by atoms with E-state index in [4.69, 9.17) is 9.47 Å². The second kappa shape index (κ2) is 7.36. The van der Waals surface area contributed by atoms with Gasteiger partial charge in [-0.15, -0.1) is 10.2 Å². The van der Waals surface area contributed by atoms with E-state index in [9.17, 15) is 4.79 Å². The Bertz CT molecular complexity index is 1250. The van der Waals surface area contributed by atoms with Crippen LogP contribution in [0.2, 0.25) is 0 Å². The number of aromatic nitrogens is 4. The van der Waals surface area contributed by atoms with Crippen LogP contribution in [0.15, 0.2) is 54.6 Å². The number of carbonyl (C=O) groups is 1. The van der Waals surface area contributed by atoms with Crippen LogP contribution < -0.4 is 20.1 Å². The van der Waals surface area contributed by atoms with Gasteiger partial charge in [-0.3, -0.25) is 0 Å². The molecule has 1 aliphatic heterocycles. The van der Waals surface area contributed by atoms with Crippen LogP contribution in [-0.4, -0.2) is 39.1 Å². The number of carbonyl (C=O) groups excluding carboxylic acids is 1. The molecule has 9 nitrogen and oxygen atoms in total. The normalized spacial score (nSPS) is 12.6. The zero-order valence-corrected chi connectivity index (χ0v) is 16.1. The average Bonchev–Trinajstić information content (AvgIpc) is 3.14.